The molecule has 0 spiro atoms. The van der Waals surface area contributed by atoms with Crippen molar-refractivity contribution in [3.63, 3.8) is 0 Å². The highest BCUT2D eigenvalue weighted by molar-refractivity contribution is 9.10. The van der Waals surface area contributed by atoms with E-state index < -0.39 is 0 Å². The zero-order valence-corrected chi connectivity index (χ0v) is 11.4. The molecule has 2 N–H and O–H groups in total. The van der Waals surface area contributed by atoms with E-state index in [1.165, 1.54) is 0 Å². The molecule has 19 heavy (non-hydrogen) atoms. The van der Waals surface area contributed by atoms with Crippen molar-refractivity contribution in [3.05, 3.63) is 53.4 Å². The van der Waals surface area contributed by atoms with Crippen LogP contribution in [0.15, 0.2) is 53.4 Å². The van der Waals surface area contributed by atoms with Crippen molar-refractivity contribution in [2.75, 3.05) is 5.73 Å². The topological polar surface area (TPSA) is 69.6 Å². The largest absolute Gasteiger partial charge is 0.383 e. The number of nitrogens with two attached hydrogens (primary N) is 1. The predicted molar refractivity (Wildman–Crippen MR) is 76.7 cm³/mol. The molecule has 2 aromatic heterocycles. The molecule has 0 unspecified atom stereocenters. The summed E-state index contributed by atoms with van der Waals surface area (Å²) in [6.45, 7) is 0. The van der Waals surface area contributed by atoms with Gasteiger partial charge in [0.1, 0.15) is 10.4 Å². The van der Waals surface area contributed by atoms with E-state index in [0.717, 1.165) is 11.1 Å². The third-order valence-electron chi connectivity index (χ3n) is 2.60. The minimum Gasteiger partial charge on any atom is -0.383 e. The first-order chi connectivity index (χ1) is 9.22. The fraction of sp³-hybridized carbons (Fsp3) is 0. The van der Waals surface area contributed by atoms with E-state index in [4.69, 9.17) is 5.73 Å². The van der Waals surface area contributed by atoms with Crippen molar-refractivity contribution in [2.45, 2.75) is 0 Å². The highest BCUT2D eigenvalue weighted by Gasteiger charge is 2.06. The van der Waals surface area contributed by atoms with Gasteiger partial charge in [-0.2, -0.15) is 10.1 Å². The van der Waals surface area contributed by atoms with Crippen LogP contribution in [0.3, 0.4) is 0 Å². The fourth-order valence-corrected chi connectivity index (χ4v) is 2.13. The number of aromatic nitrogens is 4. The maximum Gasteiger partial charge on any atom is 0.253 e. The average Bonchev–Trinajstić information content (AvgIpc) is 2.88. The molecule has 0 bridgehead atoms. The lowest BCUT2D eigenvalue weighted by molar-refractivity contribution is 0.806. The van der Waals surface area contributed by atoms with Crippen LogP contribution >= 0.6 is 15.9 Å². The van der Waals surface area contributed by atoms with Gasteiger partial charge in [0.25, 0.3) is 5.95 Å². The summed E-state index contributed by atoms with van der Waals surface area (Å²) in [5.41, 5.74) is 7.79. The van der Waals surface area contributed by atoms with Crippen LogP contribution in [0.5, 0.6) is 0 Å². The number of nitrogen functional groups attached to an aromatic ring is 1. The van der Waals surface area contributed by atoms with Gasteiger partial charge in [0.15, 0.2) is 0 Å². The fourth-order valence-electron chi connectivity index (χ4n) is 1.74. The Hall–Kier alpha value is -2.21. The van der Waals surface area contributed by atoms with Gasteiger partial charge in [-0.3, -0.25) is 0 Å². The first kappa shape index (κ1) is 11.9. The van der Waals surface area contributed by atoms with Crippen molar-refractivity contribution in [1.29, 1.82) is 0 Å². The summed E-state index contributed by atoms with van der Waals surface area (Å²) in [5, 5.41) is 4.26. The molecule has 3 rings (SSSR count). The van der Waals surface area contributed by atoms with Crippen LogP contribution in [0.25, 0.3) is 17.1 Å². The Bertz CT molecular complexity index is 688. The number of benzene rings is 1. The van der Waals surface area contributed by atoms with E-state index >= 15 is 0 Å². The molecule has 0 radical (unpaired) electrons. The van der Waals surface area contributed by atoms with Gasteiger partial charge in [-0.05, 0) is 21.5 Å². The molecule has 5 nitrogen and oxygen atoms in total. The summed E-state index contributed by atoms with van der Waals surface area (Å²) in [7, 11) is 0. The zero-order chi connectivity index (χ0) is 13.2. The zero-order valence-electron chi connectivity index (χ0n) is 9.86. The summed E-state index contributed by atoms with van der Waals surface area (Å²) in [6.07, 6.45) is 3.65. The monoisotopic (exact) mass is 315 g/mol. The van der Waals surface area contributed by atoms with E-state index in [0.29, 0.717) is 16.4 Å². The van der Waals surface area contributed by atoms with Gasteiger partial charge in [0, 0.05) is 17.8 Å². The molecule has 0 amide bonds. The number of anilines is 1. The maximum atomic E-state index is 5.69. The summed E-state index contributed by atoms with van der Waals surface area (Å²) < 4.78 is 2.23. The standard InChI is InChI=1S/C13H10BrN5/c14-11-6-12(15)18-13(17-11)19-8-10(7-16-19)9-4-2-1-3-5-9/h1-8H,(H2,15,17,18). The lowest BCUT2D eigenvalue weighted by Crippen LogP contribution is -2.04. The maximum absolute atomic E-state index is 5.69. The molecular formula is C13H10BrN5. The van der Waals surface area contributed by atoms with Crippen LogP contribution in [0.1, 0.15) is 0 Å². The van der Waals surface area contributed by atoms with Crippen LogP contribution in [-0.4, -0.2) is 19.7 Å². The number of nitrogens with zero attached hydrogens (tertiary/aromatic N) is 4. The molecular weight excluding hydrogens is 306 g/mol. The third kappa shape index (κ3) is 2.48. The first-order valence-corrected chi connectivity index (χ1v) is 6.42. The summed E-state index contributed by atoms with van der Waals surface area (Å²) in [5.74, 6) is 0.836. The van der Waals surface area contributed by atoms with Crippen molar-refractivity contribution in [3.8, 4) is 17.1 Å². The Morgan fingerprint density at radius 1 is 1.05 bits per heavy atom. The second kappa shape index (κ2) is 4.81. The molecule has 0 atom stereocenters. The van der Waals surface area contributed by atoms with E-state index in [1.807, 2.05) is 36.5 Å². The molecule has 1 aromatic carbocycles. The lowest BCUT2D eigenvalue weighted by Gasteiger charge is -2.01. The minimum absolute atomic E-state index is 0.397. The second-order valence-electron chi connectivity index (χ2n) is 3.96. The number of hydrogen-bond donors (Lipinski definition) is 1. The molecule has 94 valence electrons. The third-order valence-corrected chi connectivity index (χ3v) is 3.00. The van der Waals surface area contributed by atoms with Crippen LogP contribution in [0, 0.1) is 0 Å². The highest BCUT2D eigenvalue weighted by Crippen LogP contribution is 2.19. The van der Waals surface area contributed by atoms with E-state index in [-0.39, 0.29) is 0 Å². The van der Waals surface area contributed by atoms with Crippen molar-refractivity contribution in [2.24, 2.45) is 0 Å². The van der Waals surface area contributed by atoms with Crippen molar-refractivity contribution < 1.29 is 0 Å². The Labute approximate surface area is 118 Å². The average molecular weight is 316 g/mol. The van der Waals surface area contributed by atoms with Crippen LogP contribution < -0.4 is 5.73 Å². The quantitative estimate of drug-likeness (QED) is 0.738. The van der Waals surface area contributed by atoms with Gasteiger partial charge in [-0.25, -0.2) is 9.67 Å². The van der Waals surface area contributed by atoms with Crippen LogP contribution in [0.4, 0.5) is 5.82 Å². The predicted octanol–water partition coefficient (Wildman–Crippen LogP) is 2.67. The molecule has 0 aliphatic heterocycles. The minimum atomic E-state index is 0.397. The molecule has 3 aromatic rings. The molecule has 0 fully saturated rings. The SMILES string of the molecule is Nc1cc(Br)nc(-n2cc(-c3ccccc3)cn2)n1. The van der Waals surface area contributed by atoms with Crippen molar-refractivity contribution >= 4 is 21.7 Å². The van der Waals surface area contributed by atoms with Gasteiger partial charge in [0.05, 0.1) is 6.20 Å². The Morgan fingerprint density at radius 3 is 2.58 bits per heavy atom. The van der Waals surface area contributed by atoms with Crippen molar-refractivity contribution in [1.82, 2.24) is 19.7 Å². The van der Waals surface area contributed by atoms with Gasteiger partial charge in [-0.15, -0.1) is 0 Å². The molecule has 0 saturated carbocycles. The van der Waals surface area contributed by atoms with E-state index in [9.17, 15) is 0 Å². The van der Waals surface area contributed by atoms with Gasteiger partial charge < -0.3 is 5.73 Å². The van der Waals surface area contributed by atoms with Gasteiger partial charge in [0.2, 0.25) is 0 Å². The smallest absolute Gasteiger partial charge is 0.253 e. The molecule has 6 heteroatoms. The summed E-state index contributed by atoms with van der Waals surface area (Å²) in [4.78, 5) is 8.39. The van der Waals surface area contributed by atoms with E-state index in [2.05, 4.69) is 31.0 Å². The molecule has 0 saturated heterocycles. The first-order valence-electron chi connectivity index (χ1n) is 5.63. The van der Waals surface area contributed by atoms with E-state index in [1.54, 1.807) is 16.9 Å². The second-order valence-corrected chi connectivity index (χ2v) is 4.77. The van der Waals surface area contributed by atoms with Crippen LogP contribution in [-0.2, 0) is 0 Å². The molecule has 0 aliphatic carbocycles. The Balaban J connectivity index is 2.02. The lowest BCUT2D eigenvalue weighted by atomic mass is 10.1. The number of rotatable bonds is 2. The molecule has 0 aliphatic rings. The van der Waals surface area contributed by atoms with Crippen LogP contribution in [0.2, 0.25) is 0 Å². The summed E-state index contributed by atoms with van der Waals surface area (Å²) in [6, 6.07) is 11.6. The van der Waals surface area contributed by atoms with Gasteiger partial charge in [-0.1, -0.05) is 30.3 Å². The Kier molecular flexibility index (Phi) is 3.00. The van der Waals surface area contributed by atoms with Gasteiger partial charge >= 0.3 is 0 Å². The highest BCUT2D eigenvalue weighted by atomic mass is 79.9. The molecule has 2 heterocycles. The summed E-state index contributed by atoms with van der Waals surface area (Å²) >= 11 is 3.29. The number of hydrogen-bond acceptors (Lipinski definition) is 4. The number of halogens is 1. The normalized spacial score (nSPS) is 10.6. The Morgan fingerprint density at radius 2 is 1.84 bits per heavy atom.